The molecule has 0 unspecified atom stereocenters. The number of hydrogen-bond acceptors (Lipinski definition) is 6. The standard InChI is InChI=1S/C20H18N4O3S/c1-9-5-7-13(8-6-9)24-16(20(26)27-23-24)17(25)18-15(21)14-11(3)10(2)12(4)22-19(14)28-18/h5-8H,1-4H3,(H2-,21,23,25,26)/p+1. The van der Waals surface area contributed by atoms with Crippen molar-refractivity contribution < 1.29 is 14.0 Å². The molecule has 0 fully saturated rings. The molecule has 0 amide bonds. The molecule has 3 aromatic heterocycles. The number of aromatic nitrogens is 3. The number of pyridine rings is 1. The van der Waals surface area contributed by atoms with E-state index < -0.39 is 11.4 Å². The number of anilines is 1. The van der Waals surface area contributed by atoms with Gasteiger partial charge in [-0.3, -0.25) is 9.32 Å². The maximum Gasteiger partial charge on any atom is 0.439 e. The molecular weight excluding hydrogens is 376 g/mol. The fraction of sp³-hybridized carbons (Fsp3) is 0.200. The maximum atomic E-state index is 13.3. The Hall–Kier alpha value is -3.26. The Morgan fingerprint density at radius 1 is 1.14 bits per heavy atom. The summed E-state index contributed by atoms with van der Waals surface area (Å²) in [6, 6.07) is 7.36. The van der Waals surface area contributed by atoms with Crippen molar-refractivity contribution >= 4 is 33.0 Å². The summed E-state index contributed by atoms with van der Waals surface area (Å²) in [5.41, 5.74) is 10.4. The summed E-state index contributed by atoms with van der Waals surface area (Å²) in [5, 5.41) is 3.26. The van der Waals surface area contributed by atoms with Crippen LogP contribution in [0.1, 0.15) is 37.7 Å². The smallest absolute Gasteiger partial charge is 0.397 e. The molecule has 0 spiro atoms. The molecule has 0 atom stereocenters. The summed E-state index contributed by atoms with van der Waals surface area (Å²) < 4.78 is 6.25. The van der Waals surface area contributed by atoms with Gasteiger partial charge >= 0.3 is 11.3 Å². The highest BCUT2D eigenvalue weighted by Gasteiger charge is 2.34. The molecule has 3 N–H and O–H groups in total. The molecule has 142 valence electrons. The van der Waals surface area contributed by atoms with E-state index in [2.05, 4.69) is 10.3 Å². The first-order valence-corrected chi connectivity index (χ1v) is 9.52. The average molecular weight is 395 g/mol. The van der Waals surface area contributed by atoms with Crippen molar-refractivity contribution in [3.05, 3.63) is 67.6 Å². The number of thiophene rings is 1. The third-order valence-electron chi connectivity index (χ3n) is 5.04. The predicted octanol–water partition coefficient (Wildman–Crippen LogP) is 2.90. The van der Waals surface area contributed by atoms with E-state index >= 15 is 0 Å². The largest absolute Gasteiger partial charge is 0.439 e. The van der Waals surface area contributed by atoms with Gasteiger partial charge in [0.2, 0.25) is 5.69 Å². The number of hydrogen-bond donors (Lipinski definition) is 2. The highest BCUT2D eigenvalue weighted by molar-refractivity contribution is 7.21. The lowest BCUT2D eigenvalue weighted by molar-refractivity contribution is -0.672. The molecule has 1 aromatic carbocycles. The van der Waals surface area contributed by atoms with E-state index in [0.29, 0.717) is 16.2 Å². The number of fused-ring (bicyclic) bond motifs is 1. The number of ketones is 1. The normalized spacial score (nSPS) is 11.3. The molecule has 3 heterocycles. The Labute approximate surface area is 164 Å². The summed E-state index contributed by atoms with van der Waals surface area (Å²) in [6.07, 6.45) is 0. The van der Waals surface area contributed by atoms with Crippen molar-refractivity contribution in [1.82, 2.24) is 10.3 Å². The number of H-pyrrole nitrogens is 1. The van der Waals surface area contributed by atoms with Gasteiger partial charge in [0.15, 0.2) is 0 Å². The molecule has 0 bridgehead atoms. The van der Waals surface area contributed by atoms with Crippen LogP contribution in [-0.4, -0.2) is 16.0 Å². The second-order valence-corrected chi connectivity index (χ2v) is 7.80. The lowest BCUT2D eigenvalue weighted by atomic mass is 10.0. The van der Waals surface area contributed by atoms with E-state index in [1.165, 1.54) is 16.0 Å². The molecule has 0 saturated heterocycles. The predicted molar refractivity (Wildman–Crippen MR) is 107 cm³/mol. The van der Waals surface area contributed by atoms with Crippen molar-refractivity contribution in [2.75, 3.05) is 5.73 Å². The van der Waals surface area contributed by atoms with E-state index in [0.717, 1.165) is 27.8 Å². The minimum absolute atomic E-state index is 0.131. The van der Waals surface area contributed by atoms with E-state index in [1.54, 1.807) is 12.1 Å². The molecule has 28 heavy (non-hydrogen) atoms. The Kier molecular flexibility index (Phi) is 4.15. The Balaban J connectivity index is 1.91. The van der Waals surface area contributed by atoms with Crippen LogP contribution in [-0.2, 0) is 0 Å². The van der Waals surface area contributed by atoms with Gasteiger partial charge < -0.3 is 5.73 Å². The zero-order valence-corrected chi connectivity index (χ0v) is 16.7. The van der Waals surface area contributed by atoms with Gasteiger partial charge in [-0.25, -0.2) is 9.78 Å². The molecule has 4 rings (SSSR count). The molecule has 0 aliphatic rings. The van der Waals surface area contributed by atoms with Gasteiger partial charge in [-0.15, -0.1) is 11.3 Å². The molecule has 0 aliphatic carbocycles. The van der Waals surface area contributed by atoms with Crippen LogP contribution in [0.2, 0.25) is 0 Å². The SMILES string of the molecule is Cc1ccc(-[n+]2[nH]oc(=O)c2C(=O)c2sc3nc(C)c(C)c(C)c3c2N)cc1. The summed E-state index contributed by atoms with van der Waals surface area (Å²) in [5.74, 6) is -0.495. The number of nitrogen functional groups attached to an aromatic ring is 1. The van der Waals surface area contributed by atoms with Crippen molar-refractivity contribution in [3.63, 3.8) is 0 Å². The van der Waals surface area contributed by atoms with Gasteiger partial charge in [-0.05, 0) is 48.8 Å². The van der Waals surface area contributed by atoms with Gasteiger partial charge in [0.25, 0.3) is 5.78 Å². The topological polar surface area (TPSA) is 106 Å². The first-order valence-electron chi connectivity index (χ1n) is 8.70. The highest BCUT2D eigenvalue weighted by atomic mass is 32.1. The van der Waals surface area contributed by atoms with Gasteiger partial charge in [0.05, 0.1) is 5.69 Å². The zero-order chi connectivity index (χ0) is 20.2. The van der Waals surface area contributed by atoms with Crippen molar-refractivity contribution in [2.24, 2.45) is 0 Å². The van der Waals surface area contributed by atoms with Gasteiger partial charge in [0.1, 0.15) is 9.71 Å². The molecule has 0 saturated carbocycles. The first-order chi connectivity index (χ1) is 13.3. The Morgan fingerprint density at radius 2 is 1.82 bits per heavy atom. The fourth-order valence-electron chi connectivity index (χ4n) is 3.19. The fourth-order valence-corrected chi connectivity index (χ4v) is 4.33. The lowest BCUT2D eigenvalue weighted by Gasteiger charge is -2.05. The molecule has 4 aromatic rings. The van der Waals surface area contributed by atoms with Crippen LogP contribution >= 0.6 is 11.3 Å². The van der Waals surface area contributed by atoms with Crippen LogP contribution in [0, 0.1) is 27.7 Å². The number of aromatic amines is 1. The number of aryl methyl sites for hydroxylation is 3. The average Bonchev–Trinajstić information content (AvgIpc) is 3.20. The monoisotopic (exact) mass is 395 g/mol. The molecule has 7 nitrogen and oxygen atoms in total. The quantitative estimate of drug-likeness (QED) is 0.410. The molecular formula is C20H19N4O3S+. The number of nitrogens with one attached hydrogen (secondary N) is 1. The number of carbonyl (C=O) groups is 1. The summed E-state index contributed by atoms with van der Waals surface area (Å²) in [7, 11) is 0. The lowest BCUT2D eigenvalue weighted by Crippen LogP contribution is -2.41. The van der Waals surface area contributed by atoms with Crippen LogP contribution in [0.5, 0.6) is 0 Å². The van der Waals surface area contributed by atoms with Crippen LogP contribution in [0.3, 0.4) is 0 Å². The van der Waals surface area contributed by atoms with Gasteiger partial charge in [-0.1, -0.05) is 17.7 Å². The number of rotatable bonds is 3. The Bertz CT molecular complexity index is 1300. The zero-order valence-electron chi connectivity index (χ0n) is 15.9. The van der Waals surface area contributed by atoms with Crippen molar-refractivity contribution in [1.29, 1.82) is 0 Å². The van der Waals surface area contributed by atoms with Crippen molar-refractivity contribution in [3.8, 4) is 5.69 Å². The van der Waals surface area contributed by atoms with E-state index in [-0.39, 0.29) is 10.6 Å². The summed E-state index contributed by atoms with van der Waals surface area (Å²) in [4.78, 5) is 31.1. The van der Waals surface area contributed by atoms with Gasteiger partial charge in [-0.2, -0.15) is 0 Å². The second-order valence-electron chi connectivity index (χ2n) is 6.80. The third kappa shape index (κ3) is 2.65. The van der Waals surface area contributed by atoms with Crippen LogP contribution in [0.4, 0.5) is 5.69 Å². The van der Waals surface area contributed by atoms with Gasteiger partial charge in [0, 0.05) is 23.2 Å². The van der Waals surface area contributed by atoms with Crippen LogP contribution in [0.15, 0.2) is 33.6 Å². The van der Waals surface area contributed by atoms with Crippen molar-refractivity contribution in [2.45, 2.75) is 27.7 Å². The maximum absolute atomic E-state index is 13.3. The molecule has 0 radical (unpaired) electrons. The number of benzene rings is 1. The van der Waals surface area contributed by atoms with Crippen LogP contribution < -0.4 is 16.0 Å². The first kappa shape index (κ1) is 18.1. The Morgan fingerprint density at radius 3 is 2.50 bits per heavy atom. The molecule has 0 aliphatic heterocycles. The highest BCUT2D eigenvalue weighted by Crippen LogP contribution is 2.37. The number of carbonyl (C=O) groups excluding carboxylic acids is 1. The number of nitrogens with zero attached hydrogens (tertiary/aromatic N) is 2. The third-order valence-corrected chi connectivity index (χ3v) is 6.13. The summed E-state index contributed by atoms with van der Waals surface area (Å²) >= 11 is 1.19. The number of nitrogens with two attached hydrogens (primary N) is 1. The minimum Gasteiger partial charge on any atom is -0.397 e. The van der Waals surface area contributed by atoms with E-state index in [1.807, 2.05) is 39.8 Å². The second kappa shape index (κ2) is 6.42. The van der Waals surface area contributed by atoms with Crippen LogP contribution in [0.25, 0.3) is 15.9 Å². The summed E-state index contributed by atoms with van der Waals surface area (Å²) in [6.45, 7) is 7.81. The minimum atomic E-state index is -0.750. The molecule has 8 heteroatoms. The van der Waals surface area contributed by atoms with E-state index in [9.17, 15) is 9.59 Å². The van der Waals surface area contributed by atoms with E-state index in [4.69, 9.17) is 10.3 Å².